The van der Waals surface area contributed by atoms with Gasteiger partial charge in [0.2, 0.25) is 5.91 Å². The Hall–Kier alpha value is -3.22. The first kappa shape index (κ1) is 17.1. The molecular weight excluding hydrogens is 310 g/mol. The molecule has 7 heteroatoms. The standard InChI is InChI=1S/C17H17N3O4/c1-12(14-5-7-15(8-6-14)20(22)23)18-19-17(21)11-13-3-9-16(24-2)10-4-13/h3-10H,11H2,1-2H3,(H,19,21)/b18-12-. The van der Waals surface area contributed by atoms with Crippen LogP contribution in [0.15, 0.2) is 53.6 Å². The normalized spacial score (nSPS) is 11.0. The number of benzene rings is 2. The molecule has 0 aromatic heterocycles. The summed E-state index contributed by atoms with van der Waals surface area (Å²) >= 11 is 0. The number of nitrogens with one attached hydrogen (secondary N) is 1. The van der Waals surface area contributed by atoms with Crippen molar-refractivity contribution >= 4 is 17.3 Å². The molecule has 124 valence electrons. The van der Waals surface area contributed by atoms with Gasteiger partial charge in [0.1, 0.15) is 5.75 Å². The highest BCUT2D eigenvalue weighted by molar-refractivity contribution is 5.99. The molecule has 1 N–H and O–H groups in total. The largest absolute Gasteiger partial charge is 0.497 e. The Morgan fingerprint density at radius 2 is 1.79 bits per heavy atom. The van der Waals surface area contributed by atoms with Crippen molar-refractivity contribution in [2.45, 2.75) is 13.3 Å². The zero-order valence-electron chi connectivity index (χ0n) is 13.4. The Morgan fingerprint density at radius 3 is 2.33 bits per heavy atom. The maximum absolute atomic E-state index is 11.9. The van der Waals surface area contributed by atoms with Gasteiger partial charge in [-0.25, -0.2) is 5.43 Å². The highest BCUT2D eigenvalue weighted by Gasteiger charge is 2.06. The van der Waals surface area contributed by atoms with Gasteiger partial charge in [-0.2, -0.15) is 5.10 Å². The van der Waals surface area contributed by atoms with E-state index in [9.17, 15) is 14.9 Å². The van der Waals surface area contributed by atoms with Crippen molar-refractivity contribution in [2.24, 2.45) is 5.10 Å². The van der Waals surface area contributed by atoms with Gasteiger partial charge in [0, 0.05) is 12.1 Å². The van der Waals surface area contributed by atoms with E-state index in [1.807, 2.05) is 12.1 Å². The van der Waals surface area contributed by atoms with Crippen LogP contribution in [0.4, 0.5) is 5.69 Å². The molecular formula is C17H17N3O4. The lowest BCUT2D eigenvalue weighted by Crippen LogP contribution is -2.21. The molecule has 0 atom stereocenters. The Balaban J connectivity index is 1.95. The van der Waals surface area contributed by atoms with Crippen LogP contribution in [0, 0.1) is 10.1 Å². The Bertz CT molecular complexity index is 752. The Kier molecular flexibility index (Phi) is 5.62. The predicted molar refractivity (Wildman–Crippen MR) is 90.1 cm³/mol. The first-order valence-corrected chi connectivity index (χ1v) is 7.20. The minimum absolute atomic E-state index is 0.00934. The van der Waals surface area contributed by atoms with Crippen LogP contribution in [0.25, 0.3) is 0 Å². The number of carbonyl (C=O) groups is 1. The van der Waals surface area contributed by atoms with Gasteiger partial charge in [0.05, 0.1) is 24.2 Å². The molecule has 0 bridgehead atoms. The number of hydrogen-bond donors (Lipinski definition) is 1. The lowest BCUT2D eigenvalue weighted by Gasteiger charge is -2.04. The third kappa shape index (κ3) is 4.64. The molecule has 2 rings (SSSR count). The first-order valence-electron chi connectivity index (χ1n) is 7.20. The summed E-state index contributed by atoms with van der Waals surface area (Å²) < 4.78 is 5.06. The maximum atomic E-state index is 11.9. The lowest BCUT2D eigenvalue weighted by atomic mass is 10.1. The summed E-state index contributed by atoms with van der Waals surface area (Å²) in [5.41, 5.74) is 4.59. The number of carbonyl (C=O) groups excluding carboxylic acids is 1. The van der Waals surface area contributed by atoms with Gasteiger partial charge in [-0.3, -0.25) is 14.9 Å². The monoisotopic (exact) mass is 327 g/mol. The van der Waals surface area contributed by atoms with E-state index in [0.717, 1.165) is 11.3 Å². The van der Waals surface area contributed by atoms with Gasteiger partial charge in [-0.15, -0.1) is 0 Å². The summed E-state index contributed by atoms with van der Waals surface area (Å²) in [7, 11) is 1.58. The number of hydrogen-bond acceptors (Lipinski definition) is 5. The van der Waals surface area contributed by atoms with Crippen LogP contribution in [0.1, 0.15) is 18.1 Å². The van der Waals surface area contributed by atoms with E-state index in [4.69, 9.17) is 4.74 Å². The molecule has 0 spiro atoms. The van der Waals surface area contributed by atoms with E-state index in [1.165, 1.54) is 12.1 Å². The molecule has 0 aliphatic heterocycles. The van der Waals surface area contributed by atoms with Gasteiger partial charge in [0.25, 0.3) is 5.69 Å². The number of nitro benzene ring substituents is 1. The van der Waals surface area contributed by atoms with Gasteiger partial charge in [-0.05, 0) is 42.3 Å². The number of non-ortho nitro benzene ring substituents is 1. The molecule has 2 aromatic carbocycles. The van der Waals surface area contributed by atoms with E-state index < -0.39 is 4.92 Å². The van der Waals surface area contributed by atoms with Gasteiger partial charge < -0.3 is 4.74 Å². The van der Waals surface area contributed by atoms with Crippen molar-refractivity contribution in [3.8, 4) is 5.75 Å². The molecule has 0 aliphatic rings. The molecule has 24 heavy (non-hydrogen) atoms. The van der Waals surface area contributed by atoms with Crippen LogP contribution in [-0.4, -0.2) is 23.7 Å². The summed E-state index contributed by atoms with van der Waals surface area (Å²) in [6.45, 7) is 1.72. The fourth-order valence-electron chi connectivity index (χ4n) is 2.00. The fourth-order valence-corrected chi connectivity index (χ4v) is 2.00. The van der Waals surface area contributed by atoms with Crippen molar-refractivity contribution in [3.05, 3.63) is 69.8 Å². The zero-order chi connectivity index (χ0) is 17.5. The molecule has 0 heterocycles. The number of rotatable bonds is 6. The van der Waals surface area contributed by atoms with Crippen LogP contribution in [0.3, 0.4) is 0 Å². The number of nitro groups is 1. The van der Waals surface area contributed by atoms with Crippen LogP contribution in [-0.2, 0) is 11.2 Å². The van der Waals surface area contributed by atoms with Crippen molar-refractivity contribution in [3.63, 3.8) is 0 Å². The molecule has 0 saturated heterocycles. The number of amides is 1. The quantitative estimate of drug-likeness (QED) is 0.501. The molecule has 0 radical (unpaired) electrons. The minimum atomic E-state index is -0.465. The third-order valence-electron chi connectivity index (χ3n) is 3.37. The van der Waals surface area contributed by atoms with Crippen molar-refractivity contribution < 1.29 is 14.5 Å². The maximum Gasteiger partial charge on any atom is 0.269 e. The van der Waals surface area contributed by atoms with Crippen LogP contribution >= 0.6 is 0 Å². The van der Waals surface area contributed by atoms with E-state index in [1.54, 1.807) is 38.3 Å². The van der Waals surface area contributed by atoms with Crippen molar-refractivity contribution in [2.75, 3.05) is 7.11 Å². The zero-order valence-corrected chi connectivity index (χ0v) is 13.4. The van der Waals surface area contributed by atoms with Gasteiger partial charge >= 0.3 is 0 Å². The molecule has 2 aromatic rings. The number of nitrogens with zero attached hydrogens (tertiary/aromatic N) is 2. The lowest BCUT2D eigenvalue weighted by molar-refractivity contribution is -0.384. The molecule has 1 amide bonds. The average molecular weight is 327 g/mol. The van der Waals surface area contributed by atoms with Crippen LogP contribution in [0.2, 0.25) is 0 Å². The van der Waals surface area contributed by atoms with Crippen LogP contribution in [0.5, 0.6) is 5.75 Å². The number of ether oxygens (including phenoxy) is 1. The Morgan fingerprint density at radius 1 is 1.17 bits per heavy atom. The second-order valence-electron chi connectivity index (χ2n) is 5.06. The second kappa shape index (κ2) is 7.87. The topological polar surface area (TPSA) is 93.8 Å². The van der Waals surface area contributed by atoms with E-state index in [0.29, 0.717) is 11.3 Å². The molecule has 0 saturated carbocycles. The van der Waals surface area contributed by atoms with E-state index in [2.05, 4.69) is 10.5 Å². The smallest absolute Gasteiger partial charge is 0.269 e. The summed E-state index contributed by atoms with van der Waals surface area (Å²) in [5.74, 6) is 0.479. The molecule has 0 aliphatic carbocycles. The molecule has 0 unspecified atom stereocenters. The molecule has 7 nitrogen and oxygen atoms in total. The van der Waals surface area contributed by atoms with Gasteiger partial charge in [0.15, 0.2) is 0 Å². The molecule has 0 fully saturated rings. The number of methoxy groups -OCH3 is 1. The van der Waals surface area contributed by atoms with E-state index >= 15 is 0 Å². The van der Waals surface area contributed by atoms with Crippen molar-refractivity contribution in [1.29, 1.82) is 0 Å². The van der Waals surface area contributed by atoms with E-state index in [-0.39, 0.29) is 18.0 Å². The average Bonchev–Trinajstić information content (AvgIpc) is 2.60. The fraction of sp³-hybridized carbons (Fsp3) is 0.176. The SMILES string of the molecule is COc1ccc(CC(=O)N/N=C(/C)c2ccc([N+](=O)[O-])cc2)cc1. The van der Waals surface area contributed by atoms with Crippen LogP contribution < -0.4 is 10.2 Å². The summed E-state index contributed by atoms with van der Waals surface area (Å²) in [6.07, 6.45) is 0.195. The predicted octanol–water partition coefficient (Wildman–Crippen LogP) is 2.69. The highest BCUT2D eigenvalue weighted by atomic mass is 16.6. The van der Waals surface area contributed by atoms with Gasteiger partial charge in [-0.1, -0.05) is 12.1 Å². The summed E-state index contributed by atoms with van der Waals surface area (Å²) in [4.78, 5) is 22.1. The third-order valence-corrected chi connectivity index (χ3v) is 3.37. The minimum Gasteiger partial charge on any atom is -0.497 e. The number of hydrazone groups is 1. The Labute approximate surface area is 139 Å². The summed E-state index contributed by atoms with van der Waals surface area (Å²) in [6, 6.07) is 13.2. The first-order chi connectivity index (χ1) is 11.5. The second-order valence-corrected chi connectivity index (χ2v) is 5.06. The summed E-state index contributed by atoms with van der Waals surface area (Å²) in [5, 5.41) is 14.6. The highest BCUT2D eigenvalue weighted by Crippen LogP contribution is 2.13. The van der Waals surface area contributed by atoms with Crippen molar-refractivity contribution in [1.82, 2.24) is 5.43 Å².